The lowest BCUT2D eigenvalue weighted by atomic mass is 10.1. The summed E-state index contributed by atoms with van der Waals surface area (Å²) in [5, 5.41) is 5.01. The first kappa shape index (κ1) is 11.6. The summed E-state index contributed by atoms with van der Waals surface area (Å²) >= 11 is 0. The molecule has 1 aliphatic rings. The molecule has 90 valence electrons. The van der Waals surface area contributed by atoms with Crippen LogP contribution in [0.25, 0.3) is 0 Å². The zero-order valence-corrected chi connectivity index (χ0v) is 9.61. The highest BCUT2D eigenvalue weighted by Gasteiger charge is 2.30. The predicted molar refractivity (Wildman–Crippen MR) is 64.4 cm³/mol. The molecule has 0 radical (unpaired) electrons. The van der Waals surface area contributed by atoms with Crippen LogP contribution in [-0.4, -0.2) is 18.5 Å². The molecule has 0 spiro atoms. The molecule has 17 heavy (non-hydrogen) atoms. The Morgan fingerprint density at radius 2 is 1.88 bits per heavy atom. The molecule has 4 nitrogen and oxygen atoms in total. The summed E-state index contributed by atoms with van der Waals surface area (Å²) in [5.74, 6) is -0.0860. The highest BCUT2D eigenvalue weighted by atomic mass is 16.2. The highest BCUT2D eigenvalue weighted by molar-refractivity contribution is 5.96. The number of hydrogen-bond donors (Lipinski definition) is 2. The Kier molecular flexibility index (Phi) is 3.75. The third-order valence-corrected chi connectivity index (χ3v) is 2.73. The van der Waals surface area contributed by atoms with Crippen molar-refractivity contribution in [3.8, 4) is 0 Å². The third kappa shape index (κ3) is 3.90. The van der Waals surface area contributed by atoms with E-state index >= 15 is 0 Å². The lowest BCUT2D eigenvalue weighted by molar-refractivity contribution is -0.121. The van der Waals surface area contributed by atoms with Gasteiger partial charge in [0, 0.05) is 12.5 Å². The molecular formula is C13H16N2O2. The van der Waals surface area contributed by atoms with E-state index in [4.69, 9.17) is 0 Å². The van der Waals surface area contributed by atoms with Crippen LogP contribution in [0.4, 0.5) is 4.79 Å². The van der Waals surface area contributed by atoms with Gasteiger partial charge in [0.2, 0.25) is 5.91 Å². The number of imide groups is 1. The van der Waals surface area contributed by atoms with Crippen molar-refractivity contribution in [2.24, 2.45) is 5.92 Å². The van der Waals surface area contributed by atoms with Crippen molar-refractivity contribution in [1.82, 2.24) is 10.6 Å². The molecule has 4 heteroatoms. The fourth-order valence-electron chi connectivity index (χ4n) is 1.57. The largest absolute Gasteiger partial charge is 0.337 e. The van der Waals surface area contributed by atoms with Crippen LogP contribution < -0.4 is 10.6 Å². The van der Waals surface area contributed by atoms with Crippen LogP contribution in [0.2, 0.25) is 0 Å². The zero-order chi connectivity index (χ0) is 12.1. The van der Waals surface area contributed by atoms with Gasteiger partial charge in [-0.2, -0.15) is 0 Å². The smallest absolute Gasteiger partial charge is 0.321 e. The second kappa shape index (κ2) is 5.48. The van der Waals surface area contributed by atoms with Gasteiger partial charge < -0.3 is 5.32 Å². The van der Waals surface area contributed by atoms with Crippen LogP contribution in [0.3, 0.4) is 0 Å². The number of carbonyl (C=O) groups is 2. The molecule has 1 aliphatic carbocycles. The van der Waals surface area contributed by atoms with Crippen molar-refractivity contribution >= 4 is 11.9 Å². The summed E-state index contributed by atoms with van der Waals surface area (Å²) in [7, 11) is 0. The minimum atomic E-state index is -0.391. The van der Waals surface area contributed by atoms with E-state index in [-0.39, 0.29) is 11.8 Å². The molecule has 0 heterocycles. The highest BCUT2D eigenvalue weighted by Crippen LogP contribution is 2.28. The SMILES string of the molecule is O=C(NCCc1ccccc1)NC(=O)C1CC1. The normalized spacial score (nSPS) is 14.1. The second-order valence-corrected chi connectivity index (χ2v) is 4.26. The van der Waals surface area contributed by atoms with Gasteiger partial charge in [0.25, 0.3) is 0 Å². The molecule has 0 unspecified atom stereocenters. The molecule has 1 saturated carbocycles. The van der Waals surface area contributed by atoms with Gasteiger partial charge in [0.05, 0.1) is 0 Å². The van der Waals surface area contributed by atoms with E-state index in [9.17, 15) is 9.59 Å². The number of carbonyl (C=O) groups excluding carboxylic acids is 2. The topological polar surface area (TPSA) is 58.2 Å². The van der Waals surface area contributed by atoms with E-state index in [2.05, 4.69) is 10.6 Å². The van der Waals surface area contributed by atoms with Gasteiger partial charge in [-0.05, 0) is 24.8 Å². The van der Waals surface area contributed by atoms with Crippen molar-refractivity contribution < 1.29 is 9.59 Å². The minimum Gasteiger partial charge on any atom is -0.337 e. The van der Waals surface area contributed by atoms with Crippen LogP contribution in [-0.2, 0) is 11.2 Å². The number of benzene rings is 1. The molecule has 0 saturated heterocycles. The lowest BCUT2D eigenvalue weighted by Gasteiger charge is -2.06. The Morgan fingerprint density at radius 3 is 2.53 bits per heavy atom. The predicted octanol–water partition coefficient (Wildman–Crippen LogP) is 1.46. The van der Waals surface area contributed by atoms with Crippen molar-refractivity contribution in [2.75, 3.05) is 6.54 Å². The molecule has 2 rings (SSSR count). The fraction of sp³-hybridized carbons (Fsp3) is 0.385. The average Bonchev–Trinajstić information content (AvgIpc) is 3.14. The third-order valence-electron chi connectivity index (χ3n) is 2.73. The van der Waals surface area contributed by atoms with Gasteiger partial charge in [0.15, 0.2) is 0 Å². The maximum Gasteiger partial charge on any atom is 0.321 e. The van der Waals surface area contributed by atoms with Gasteiger partial charge >= 0.3 is 6.03 Å². The van der Waals surface area contributed by atoms with Crippen LogP contribution in [0, 0.1) is 5.92 Å². The van der Waals surface area contributed by atoms with Crippen LogP contribution in [0.15, 0.2) is 30.3 Å². The average molecular weight is 232 g/mol. The molecule has 1 fully saturated rings. The van der Waals surface area contributed by atoms with Crippen molar-refractivity contribution in [1.29, 1.82) is 0 Å². The quantitative estimate of drug-likeness (QED) is 0.825. The molecule has 2 N–H and O–H groups in total. The summed E-state index contributed by atoms with van der Waals surface area (Å²) < 4.78 is 0. The van der Waals surface area contributed by atoms with Gasteiger partial charge in [0.1, 0.15) is 0 Å². The van der Waals surface area contributed by atoms with Crippen molar-refractivity contribution in [2.45, 2.75) is 19.3 Å². The number of amides is 3. The minimum absolute atomic E-state index is 0.0647. The van der Waals surface area contributed by atoms with E-state index in [0.717, 1.165) is 19.3 Å². The molecule has 0 bridgehead atoms. The van der Waals surface area contributed by atoms with E-state index in [1.165, 1.54) is 5.56 Å². The summed E-state index contributed by atoms with van der Waals surface area (Å²) in [4.78, 5) is 22.6. The first-order valence-corrected chi connectivity index (χ1v) is 5.88. The Bertz CT molecular complexity index is 399. The fourth-order valence-corrected chi connectivity index (χ4v) is 1.57. The Hall–Kier alpha value is -1.84. The van der Waals surface area contributed by atoms with Crippen LogP contribution in [0.1, 0.15) is 18.4 Å². The Labute approximate surface area is 100 Å². The van der Waals surface area contributed by atoms with E-state index < -0.39 is 6.03 Å². The monoisotopic (exact) mass is 232 g/mol. The van der Waals surface area contributed by atoms with Gasteiger partial charge in [-0.3, -0.25) is 10.1 Å². The van der Waals surface area contributed by atoms with Gasteiger partial charge in [-0.25, -0.2) is 4.79 Å². The van der Waals surface area contributed by atoms with E-state index in [1.807, 2.05) is 30.3 Å². The first-order valence-electron chi connectivity index (χ1n) is 5.88. The molecular weight excluding hydrogens is 216 g/mol. The van der Waals surface area contributed by atoms with Gasteiger partial charge in [-0.1, -0.05) is 30.3 Å². The van der Waals surface area contributed by atoms with E-state index in [1.54, 1.807) is 0 Å². The summed E-state index contributed by atoms with van der Waals surface area (Å²) in [6.45, 7) is 0.536. The van der Waals surface area contributed by atoms with E-state index in [0.29, 0.717) is 6.54 Å². The van der Waals surface area contributed by atoms with Crippen molar-refractivity contribution in [3.05, 3.63) is 35.9 Å². The standard InChI is InChI=1S/C13H16N2O2/c16-12(11-6-7-11)15-13(17)14-9-8-10-4-2-1-3-5-10/h1-5,11H,6-9H2,(H2,14,15,16,17). The number of hydrogen-bond acceptors (Lipinski definition) is 2. The molecule has 1 aromatic rings. The Balaban J connectivity index is 1.64. The molecule has 0 aliphatic heterocycles. The molecule has 0 atom stereocenters. The van der Waals surface area contributed by atoms with Crippen LogP contribution >= 0.6 is 0 Å². The zero-order valence-electron chi connectivity index (χ0n) is 9.61. The maximum absolute atomic E-state index is 11.3. The summed E-state index contributed by atoms with van der Waals surface area (Å²) in [6, 6.07) is 9.51. The molecule has 3 amide bonds. The lowest BCUT2D eigenvalue weighted by Crippen LogP contribution is -2.40. The second-order valence-electron chi connectivity index (χ2n) is 4.26. The molecule has 0 aromatic heterocycles. The Morgan fingerprint density at radius 1 is 1.18 bits per heavy atom. The van der Waals surface area contributed by atoms with Gasteiger partial charge in [-0.15, -0.1) is 0 Å². The number of rotatable bonds is 4. The first-order chi connectivity index (χ1) is 8.25. The number of urea groups is 1. The maximum atomic E-state index is 11.3. The molecule has 1 aromatic carbocycles. The summed E-state index contributed by atoms with van der Waals surface area (Å²) in [6.07, 6.45) is 2.58. The van der Waals surface area contributed by atoms with Crippen molar-refractivity contribution in [3.63, 3.8) is 0 Å². The summed E-state index contributed by atoms with van der Waals surface area (Å²) in [5.41, 5.74) is 1.17. The number of nitrogens with one attached hydrogen (secondary N) is 2. The van der Waals surface area contributed by atoms with Crippen LogP contribution in [0.5, 0.6) is 0 Å².